The maximum absolute atomic E-state index is 11.9. The molecule has 0 radical (unpaired) electrons. The van der Waals surface area contributed by atoms with Crippen molar-refractivity contribution in [2.24, 2.45) is 5.10 Å². The van der Waals surface area contributed by atoms with E-state index in [2.05, 4.69) is 31.8 Å². The molecule has 9 heteroatoms. The van der Waals surface area contributed by atoms with E-state index in [-0.39, 0.29) is 6.10 Å². The summed E-state index contributed by atoms with van der Waals surface area (Å²) in [4.78, 5) is 23.7. The Bertz CT molecular complexity index is 932. The molecule has 0 unspecified atom stereocenters. The Morgan fingerprint density at radius 2 is 1.82 bits per heavy atom. The van der Waals surface area contributed by atoms with Crippen LogP contribution in [0.15, 0.2) is 52.0 Å². The minimum atomic E-state index is -0.837. The van der Waals surface area contributed by atoms with E-state index >= 15 is 0 Å². The number of amides is 2. The van der Waals surface area contributed by atoms with E-state index in [0.29, 0.717) is 49.8 Å². The Morgan fingerprint density at radius 3 is 2.52 bits per heavy atom. The molecule has 0 heterocycles. The number of hydrogen-bond donors (Lipinski definition) is 2. The smallest absolute Gasteiger partial charge is 0.329 e. The number of rotatable bonds is 12. The van der Waals surface area contributed by atoms with Gasteiger partial charge in [0, 0.05) is 17.6 Å². The molecule has 0 aliphatic heterocycles. The Hall–Kier alpha value is -2.91. The largest absolute Gasteiger partial charge is 0.490 e. The van der Waals surface area contributed by atoms with Crippen LogP contribution in [0.5, 0.6) is 11.5 Å². The van der Waals surface area contributed by atoms with Crippen molar-refractivity contribution in [1.29, 1.82) is 0 Å². The lowest BCUT2D eigenvalue weighted by molar-refractivity contribution is -0.139. The van der Waals surface area contributed by atoms with Crippen LogP contribution in [-0.4, -0.2) is 43.9 Å². The van der Waals surface area contributed by atoms with E-state index in [1.165, 1.54) is 6.21 Å². The van der Waals surface area contributed by atoms with Gasteiger partial charge >= 0.3 is 11.8 Å². The average molecular weight is 520 g/mol. The van der Waals surface area contributed by atoms with Crippen LogP contribution in [0.2, 0.25) is 0 Å². The molecule has 0 spiro atoms. The molecule has 0 aromatic heterocycles. The van der Waals surface area contributed by atoms with Gasteiger partial charge in [0.2, 0.25) is 0 Å². The highest BCUT2D eigenvalue weighted by atomic mass is 79.9. The van der Waals surface area contributed by atoms with Crippen molar-refractivity contribution in [3.63, 3.8) is 0 Å². The molecule has 8 nitrogen and oxygen atoms in total. The van der Waals surface area contributed by atoms with Gasteiger partial charge in [0.25, 0.3) is 0 Å². The second-order valence-corrected chi connectivity index (χ2v) is 8.20. The number of carbonyl (C=O) groups excluding carboxylic acids is 2. The van der Waals surface area contributed by atoms with Gasteiger partial charge in [-0.25, -0.2) is 5.43 Å². The molecule has 0 aliphatic rings. The van der Waals surface area contributed by atoms with Crippen LogP contribution in [0.25, 0.3) is 0 Å². The molecular formula is C24H30BrN3O5. The predicted octanol–water partition coefficient (Wildman–Crippen LogP) is 3.81. The van der Waals surface area contributed by atoms with E-state index in [1.807, 2.05) is 45.0 Å². The first-order valence-electron chi connectivity index (χ1n) is 10.8. The lowest BCUT2D eigenvalue weighted by Gasteiger charge is -2.12. The van der Waals surface area contributed by atoms with Crippen LogP contribution >= 0.6 is 15.9 Å². The minimum Gasteiger partial charge on any atom is -0.490 e. The fourth-order valence-electron chi connectivity index (χ4n) is 2.62. The Balaban J connectivity index is 1.86. The quantitative estimate of drug-likeness (QED) is 0.192. The molecule has 0 bridgehead atoms. The molecule has 2 N–H and O–H groups in total. The van der Waals surface area contributed by atoms with Crippen molar-refractivity contribution in [1.82, 2.24) is 10.7 Å². The SMILES string of the molecule is CCOc1cc(/C=N\NC(=O)C(=O)NCCCOC(C)C)ccc1OCc1ccc(Br)cc1. The fourth-order valence-corrected chi connectivity index (χ4v) is 2.89. The van der Waals surface area contributed by atoms with Gasteiger partial charge in [-0.2, -0.15) is 5.10 Å². The van der Waals surface area contributed by atoms with E-state index in [4.69, 9.17) is 14.2 Å². The molecule has 2 aromatic rings. The zero-order valence-electron chi connectivity index (χ0n) is 19.1. The molecule has 2 amide bonds. The normalized spacial score (nSPS) is 10.9. The molecule has 178 valence electrons. The molecular weight excluding hydrogens is 490 g/mol. The second kappa shape index (κ2) is 14.3. The van der Waals surface area contributed by atoms with Gasteiger partial charge in [-0.15, -0.1) is 0 Å². The number of nitrogens with one attached hydrogen (secondary N) is 2. The Kier molecular flexibility index (Phi) is 11.4. The molecule has 2 rings (SSSR count). The van der Waals surface area contributed by atoms with Gasteiger partial charge in [0.1, 0.15) is 6.61 Å². The third kappa shape index (κ3) is 10.0. The molecule has 0 saturated carbocycles. The summed E-state index contributed by atoms with van der Waals surface area (Å²) in [6.45, 7) is 7.49. The average Bonchev–Trinajstić information content (AvgIpc) is 2.79. The number of halogens is 1. The van der Waals surface area contributed by atoms with Gasteiger partial charge in [0.05, 0.1) is 18.9 Å². The molecule has 33 heavy (non-hydrogen) atoms. The predicted molar refractivity (Wildman–Crippen MR) is 131 cm³/mol. The summed E-state index contributed by atoms with van der Waals surface area (Å²) in [6, 6.07) is 13.2. The van der Waals surface area contributed by atoms with Gasteiger partial charge < -0.3 is 19.5 Å². The number of nitrogens with zero attached hydrogens (tertiary/aromatic N) is 1. The van der Waals surface area contributed by atoms with Crippen LogP contribution in [0, 0.1) is 0 Å². The van der Waals surface area contributed by atoms with Crippen LogP contribution in [-0.2, 0) is 20.9 Å². The summed E-state index contributed by atoms with van der Waals surface area (Å²) in [6.07, 6.45) is 2.19. The first-order chi connectivity index (χ1) is 15.9. The summed E-state index contributed by atoms with van der Waals surface area (Å²) in [7, 11) is 0. The third-order valence-electron chi connectivity index (χ3n) is 4.22. The standard InChI is InChI=1S/C24H30BrN3O5/c1-4-31-22-14-19(8-11-21(22)33-16-18-6-9-20(25)10-7-18)15-27-28-24(30)23(29)26-12-5-13-32-17(2)3/h6-11,14-15,17H,4-5,12-13,16H2,1-3H3,(H,26,29)(H,28,30)/b27-15-. The van der Waals surface area contributed by atoms with Crippen LogP contribution in [0.3, 0.4) is 0 Å². The highest BCUT2D eigenvalue weighted by Crippen LogP contribution is 2.29. The summed E-state index contributed by atoms with van der Waals surface area (Å²) in [5, 5.41) is 6.38. The van der Waals surface area contributed by atoms with Gasteiger partial charge in [-0.3, -0.25) is 9.59 Å². The maximum atomic E-state index is 11.9. The monoisotopic (exact) mass is 519 g/mol. The number of benzene rings is 2. The Morgan fingerprint density at radius 1 is 1.06 bits per heavy atom. The van der Waals surface area contributed by atoms with Crippen molar-refractivity contribution in [2.45, 2.75) is 39.9 Å². The second-order valence-electron chi connectivity index (χ2n) is 7.28. The fraction of sp³-hybridized carbons (Fsp3) is 0.375. The van der Waals surface area contributed by atoms with Gasteiger partial charge in [0.15, 0.2) is 11.5 Å². The lowest BCUT2D eigenvalue weighted by Crippen LogP contribution is -2.38. The minimum absolute atomic E-state index is 0.133. The molecule has 2 aromatic carbocycles. The van der Waals surface area contributed by atoms with Crippen molar-refractivity contribution in [3.8, 4) is 11.5 Å². The molecule has 0 saturated heterocycles. The highest BCUT2D eigenvalue weighted by molar-refractivity contribution is 9.10. The Labute approximate surface area is 202 Å². The number of carbonyl (C=O) groups is 2. The number of hydrogen-bond acceptors (Lipinski definition) is 6. The highest BCUT2D eigenvalue weighted by Gasteiger charge is 2.12. The number of ether oxygens (including phenoxy) is 3. The topological polar surface area (TPSA) is 98.2 Å². The van der Waals surface area contributed by atoms with E-state index in [9.17, 15) is 9.59 Å². The number of hydrazone groups is 1. The van der Waals surface area contributed by atoms with Crippen molar-refractivity contribution >= 4 is 34.0 Å². The van der Waals surface area contributed by atoms with Crippen LogP contribution < -0.4 is 20.2 Å². The molecule has 0 atom stereocenters. The van der Waals surface area contributed by atoms with Crippen LogP contribution in [0.4, 0.5) is 0 Å². The summed E-state index contributed by atoms with van der Waals surface area (Å²) >= 11 is 3.41. The maximum Gasteiger partial charge on any atom is 0.329 e. The third-order valence-corrected chi connectivity index (χ3v) is 4.75. The van der Waals surface area contributed by atoms with Crippen molar-refractivity contribution < 1.29 is 23.8 Å². The molecule has 0 fully saturated rings. The van der Waals surface area contributed by atoms with Gasteiger partial charge in [-0.1, -0.05) is 28.1 Å². The molecule has 0 aliphatic carbocycles. The zero-order valence-corrected chi connectivity index (χ0v) is 20.7. The van der Waals surface area contributed by atoms with E-state index in [1.54, 1.807) is 18.2 Å². The zero-order chi connectivity index (χ0) is 24.1. The summed E-state index contributed by atoms with van der Waals surface area (Å²) in [5.74, 6) is -0.424. The van der Waals surface area contributed by atoms with E-state index in [0.717, 1.165) is 10.0 Å². The summed E-state index contributed by atoms with van der Waals surface area (Å²) in [5.41, 5.74) is 3.93. The van der Waals surface area contributed by atoms with Crippen molar-refractivity contribution in [3.05, 3.63) is 58.1 Å². The van der Waals surface area contributed by atoms with Gasteiger partial charge in [-0.05, 0) is 68.7 Å². The van der Waals surface area contributed by atoms with E-state index < -0.39 is 11.8 Å². The summed E-state index contributed by atoms with van der Waals surface area (Å²) < 4.78 is 18.0. The van der Waals surface area contributed by atoms with Crippen molar-refractivity contribution in [2.75, 3.05) is 19.8 Å². The van der Waals surface area contributed by atoms with Crippen LogP contribution in [0.1, 0.15) is 38.3 Å². The lowest BCUT2D eigenvalue weighted by atomic mass is 10.2. The first kappa shape index (κ1) is 26.3. The first-order valence-corrected chi connectivity index (χ1v) is 11.5.